The Morgan fingerprint density at radius 2 is 1.80 bits per heavy atom. The summed E-state index contributed by atoms with van der Waals surface area (Å²) < 4.78 is 59.7. The van der Waals surface area contributed by atoms with E-state index in [1.807, 2.05) is 32.0 Å². The van der Waals surface area contributed by atoms with E-state index in [1.165, 1.54) is 12.1 Å². The molecule has 162 valence electrons. The zero-order valence-electron chi connectivity index (χ0n) is 16.7. The van der Waals surface area contributed by atoms with Crippen LogP contribution in [0.4, 0.5) is 13.2 Å². The van der Waals surface area contributed by atoms with Crippen LogP contribution in [0.1, 0.15) is 18.1 Å². The van der Waals surface area contributed by atoms with Crippen LogP contribution in [-0.2, 0) is 15.7 Å². The largest absolute Gasteiger partial charge is 0.489 e. The Kier molecular flexibility index (Phi) is 7.33. The fourth-order valence-corrected chi connectivity index (χ4v) is 3.58. The van der Waals surface area contributed by atoms with Gasteiger partial charge < -0.3 is 18.9 Å². The summed E-state index contributed by atoms with van der Waals surface area (Å²) in [5.74, 6) is 1.78. The van der Waals surface area contributed by atoms with Crippen LogP contribution in [0.2, 0.25) is 0 Å². The van der Waals surface area contributed by atoms with Crippen molar-refractivity contribution in [3.63, 3.8) is 0 Å². The maximum atomic E-state index is 12.6. The minimum Gasteiger partial charge on any atom is -0.489 e. The van der Waals surface area contributed by atoms with Crippen LogP contribution in [0, 0.1) is 6.92 Å². The number of hydrogen-bond acceptors (Lipinski definition) is 5. The lowest BCUT2D eigenvalue weighted by atomic mass is 10.2. The van der Waals surface area contributed by atoms with Gasteiger partial charge in [0.05, 0.1) is 5.56 Å². The molecule has 0 N–H and O–H groups in total. The Morgan fingerprint density at radius 1 is 1.10 bits per heavy atom. The van der Waals surface area contributed by atoms with Crippen molar-refractivity contribution in [2.24, 2.45) is 0 Å². The molecule has 1 fully saturated rings. The molecule has 30 heavy (non-hydrogen) atoms. The van der Waals surface area contributed by atoms with Gasteiger partial charge >= 0.3 is 6.18 Å². The third-order valence-corrected chi connectivity index (χ3v) is 5.42. The van der Waals surface area contributed by atoms with Crippen molar-refractivity contribution in [1.29, 1.82) is 0 Å². The third-order valence-electron chi connectivity index (χ3n) is 4.28. The van der Waals surface area contributed by atoms with Crippen molar-refractivity contribution in [2.75, 3.05) is 19.0 Å². The van der Waals surface area contributed by atoms with Crippen LogP contribution in [0.5, 0.6) is 11.5 Å². The second kappa shape index (κ2) is 9.76. The number of alkyl halides is 3. The first-order valence-corrected chi connectivity index (χ1v) is 10.3. The second-order valence-corrected chi connectivity index (χ2v) is 7.91. The predicted molar refractivity (Wildman–Crippen MR) is 109 cm³/mol. The fourth-order valence-electron chi connectivity index (χ4n) is 2.70. The molecule has 0 radical (unpaired) electrons. The summed E-state index contributed by atoms with van der Waals surface area (Å²) in [6, 6.07) is 10.5. The van der Waals surface area contributed by atoms with E-state index in [1.54, 1.807) is 11.8 Å². The van der Waals surface area contributed by atoms with Gasteiger partial charge in [0.1, 0.15) is 24.7 Å². The number of rotatable bonds is 9. The van der Waals surface area contributed by atoms with Crippen molar-refractivity contribution in [1.82, 2.24) is 0 Å². The first-order valence-electron chi connectivity index (χ1n) is 9.34. The smallest absolute Gasteiger partial charge is 0.416 e. The Labute approximate surface area is 178 Å². The molecule has 0 unspecified atom stereocenters. The van der Waals surface area contributed by atoms with Gasteiger partial charge in [-0.15, -0.1) is 11.8 Å². The molecule has 4 nitrogen and oxygen atoms in total. The summed E-state index contributed by atoms with van der Waals surface area (Å²) in [5.41, 5.74) is 1.12. The van der Waals surface area contributed by atoms with Crippen LogP contribution < -0.4 is 9.47 Å². The van der Waals surface area contributed by atoms with Gasteiger partial charge in [-0.3, -0.25) is 0 Å². The molecule has 2 aromatic rings. The SMILES string of the molecule is C=C(COc1ccc(C(F)(F)F)cc1)CSc1ccc(OCC2OC(C)O2)c(C)c1. The minimum absolute atomic E-state index is 0.171. The lowest BCUT2D eigenvalue weighted by molar-refractivity contribution is -0.380. The summed E-state index contributed by atoms with van der Waals surface area (Å²) in [5, 5.41) is 0. The van der Waals surface area contributed by atoms with E-state index < -0.39 is 11.7 Å². The molecular formula is C22H23F3O4S. The van der Waals surface area contributed by atoms with E-state index in [0.717, 1.165) is 33.9 Å². The maximum Gasteiger partial charge on any atom is 0.416 e. The van der Waals surface area contributed by atoms with Crippen LogP contribution in [-0.4, -0.2) is 31.5 Å². The molecule has 0 aliphatic carbocycles. The minimum atomic E-state index is -4.35. The van der Waals surface area contributed by atoms with E-state index in [4.69, 9.17) is 18.9 Å². The number of halogens is 3. The highest BCUT2D eigenvalue weighted by molar-refractivity contribution is 7.99. The third kappa shape index (κ3) is 6.42. The van der Waals surface area contributed by atoms with Gasteiger partial charge in [-0.25, -0.2) is 0 Å². The molecule has 0 bridgehead atoms. The van der Waals surface area contributed by atoms with Crippen LogP contribution in [0.3, 0.4) is 0 Å². The molecule has 0 saturated carbocycles. The molecule has 0 atom stereocenters. The fraction of sp³-hybridized carbons (Fsp3) is 0.364. The number of ether oxygens (including phenoxy) is 4. The molecule has 1 saturated heterocycles. The first-order chi connectivity index (χ1) is 14.2. The molecule has 3 rings (SSSR count). The molecule has 0 spiro atoms. The summed E-state index contributed by atoms with van der Waals surface area (Å²) in [6.07, 6.45) is -4.84. The molecule has 0 aromatic heterocycles. The molecule has 0 amide bonds. The summed E-state index contributed by atoms with van der Waals surface area (Å²) in [6.45, 7) is 8.35. The first kappa shape index (κ1) is 22.5. The Hall–Kier alpha value is -2.16. The Morgan fingerprint density at radius 3 is 2.40 bits per heavy atom. The van der Waals surface area contributed by atoms with Crippen LogP contribution >= 0.6 is 11.8 Å². The zero-order valence-corrected chi connectivity index (χ0v) is 17.5. The monoisotopic (exact) mass is 440 g/mol. The number of thioether (sulfide) groups is 1. The van der Waals surface area contributed by atoms with Crippen molar-refractivity contribution in [2.45, 2.75) is 37.5 Å². The second-order valence-electron chi connectivity index (χ2n) is 6.86. The van der Waals surface area contributed by atoms with Gasteiger partial charge in [-0.1, -0.05) is 6.58 Å². The standard InChI is InChI=1S/C22H23F3O4S/c1-14(11-26-18-6-4-17(5-7-18)22(23,24)25)13-30-19-8-9-20(15(2)10-19)27-12-21-28-16(3)29-21/h4-10,16,21H,1,11-13H2,2-3H3. The highest BCUT2D eigenvalue weighted by Crippen LogP contribution is 2.31. The van der Waals surface area contributed by atoms with Gasteiger partial charge in [0, 0.05) is 10.6 Å². The predicted octanol–water partition coefficient (Wildman–Crippen LogP) is 5.84. The molecule has 1 heterocycles. The van der Waals surface area contributed by atoms with Crippen molar-refractivity contribution in [3.8, 4) is 11.5 Å². The summed E-state index contributed by atoms with van der Waals surface area (Å²) in [4.78, 5) is 1.06. The van der Waals surface area contributed by atoms with E-state index in [2.05, 4.69) is 6.58 Å². The zero-order chi connectivity index (χ0) is 21.7. The lowest BCUT2D eigenvalue weighted by Gasteiger charge is -2.33. The van der Waals surface area contributed by atoms with Gasteiger partial charge in [-0.05, 0) is 67.4 Å². The molecular weight excluding hydrogens is 417 g/mol. The molecule has 1 aliphatic rings. The molecule has 8 heteroatoms. The van der Waals surface area contributed by atoms with Gasteiger partial charge in [-0.2, -0.15) is 13.2 Å². The van der Waals surface area contributed by atoms with Gasteiger partial charge in [0.25, 0.3) is 0 Å². The van der Waals surface area contributed by atoms with E-state index in [9.17, 15) is 13.2 Å². The summed E-state index contributed by atoms with van der Waals surface area (Å²) in [7, 11) is 0. The van der Waals surface area contributed by atoms with Crippen molar-refractivity contribution < 1.29 is 32.1 Å². The maximum absolute atomic E-state index is 12.6. The normalized spacial score (nSPS) is 18.6. The highest BCUT2D eigenvalue weighted by atomic mass is 32.2. The van der Waals surface area contributed by atoms with Crippen molar-refractivity contribution in [3.05, 3.63) is 65.7 Å². The van der Waals surface area contributed by atoms with Crippen LogP contribution in [0.15, 0.2) is 59.5 Å². The van der Waals surface area contributed by atoms with Gasteiger partial charge in [0.15, 0.2) is 12.6 Å². The quantitative estimate of drug-likeness (QED) is 0.362. The van der Waals surface area contributed by atoms with Crippen molar-refractivity contribution >= 4 is 11.8 Å². The van der Waals surface area contributed by atoms with Gasteiger partial charge in [0.2, 0.25) is 0 Å². The molecule has 2 aromatic carbocycles. The Bertz CT molecular complexity index is 862. The van der Waals surface area contributed by atoms with E-state index >= 15 is 0 Å². The topological polar surface area (TPSA) is 36.9 Å². The average molecular weight is 440 g/mol. The average Bonchev–Trinajstić information content (AvgIpc) is 2.68. The van der Waals surface area contributed by atoms with Crippen LogP contribution in [0.25, 0.3) is 0 Å². The number of aryl methyl sites for hydroxylation is 1. The highest BCUT2D eigenvalue weighted by Gasteiger charge is 2.30. The Balaban J connectivity index is 1.41. The van der Waals surface area contributed by atoms with E-state index in [0.29, 0.717) is 18.1 Å². The lowest BCUT2D eigenvalue weighted by Crippen LogP contribution is -2.42. The number of hydrogen-bond donors (Lipinski definition) is 0. The molecule has 1 aliphatic heterocycles. The number of benzene rings is 2. The van der Waals surface area contributed by atoms with E-state index in [-0.39, 0.29) is 19.2 Å². The summed E-state index contributed by atoms with van der Waals surface area (Å²) >= 11 is 1.60.